The average molecular weight is 390 g/mol. The Kier molecular flexibility index (Phi) is 17.5. The molecule has 1 saturated heterocycles. The van der Waals surface area contributed by atoms with Crippen molar-refractivity contribution in [2.45, 2.75) is 26.3 Å². The minimum absolute atomic E-state index is 0. The van der Waals surface area contributed by atoms with Crippen molar-refractivity contribution < 1.29 is 9.53 Å². The molecule has 0 aromatic rings. The lowest BCUT2D eigenvalue weighted by atomic mass is 10.2. The van der Waals surface area contributed by atoms with Gasteiger partial charge >= 0.3 is 0 Å². The molecule has 1 aliphatic heterocycles. The third-order valence-corrected chi connectivity index (χ3v) is 5.05. The Morgan fingerprint density at radius 1 is 1.22 bits per heavy atom. The van der Waals surface area contributed by atoms with E-state index in [1.807, 2.05) is 16.7 Å². The maximum atomic E-state index is 12.5. The van der Waals surface area contributed by atoms with E-state index < -0.39 is 0 Å². The third-order valence-electron chi connectivity index (χ3n) is 3.92. The van der Waals surface area contributed by atoms with Crippen molar-refractivity contribution >= 4 is 42.5 Å². The van der Waals surface area contributed by atoms with Crippen molar-refractivity contribution in [1.29, 1.82) is 0 Å². The van der Waals surface area contributed by atoms with Crippen molar-refractivity contribution in [2.75, 3.05) is 64.5 Å². The summed E-state index contributed by atoms with van der Waals surface area (Å²) in [7, 11) is 1.69. The maximum Gasteiger partial charge on any atom is 0.224 e. The van der Waals surface area contributed by atoms with Crippen LogP contribution in [0.15, 0.2) is 0 Å². The number of methoxy groups -OCH3 is 1. The molecular weight excluding hydrogens is 357 g/mol. The summed E-state index contributed by atoms with van der Waals surface area (Å²) in [5, 5.41) is 3.44. The highest BCUT2D eigenvalue weighted by Gasteiger charge is 2.21. The second-order valence-corrected chi connectivity index (χ2v) is 6.48. The Hall–Kier alpha value is 0.280. The van der Waals surface area contributed by atoms with Crippen molar-refractivity contribution in [1.82, 2.24) is 15.1 Å². The molecule has 0 aromatic heterocycles. The van der Waals surface area contributed by atoms with Crippen LogP contribution >= 0.6 is 36.6 Å². The number of hydrogen-bond donors (Lipinski definition) is 1. The van der Waals surface area contributed by atoms with E-state index in [1.165, 1.54) is 0 Å². The highest BCUT2D eigenvalue weighted by Crippen LogP contribution is 2.11. The standard InChI is InChI=1S/C15H31N3O2S.2ClH/c1-4-17(5-2)7-8-18(9-10-20-3)15(19)12-14-13-21-11-6-16-14;;/h14,16H,4-13H2,1-3H3;2*1H. The van der Waals surface area contributed by atoms with E-state index >= 15 is 0 Å². The van der Waals surface area contributed by atoms with E-state index in [-0.39, 0.29) is 30.7 Å². The number of amides is 1. The molecule has 0 radical (unpaired) electrons. The highest BCUT2D eigenvalue weighted by atomic mass is 35.5. The van der Waals surface area contributed by atoms with Crippen LogP contribution in [0.5, 0.6) is 0 Å². The van der Waals surface area contributed by atoms with Gasteiger partial charge in [0.05, 0.1) is 6.61 Å². The lowest BCUT2D eigenvalue weighted by molar-refractivity contribution is -0.132. The van der Waals surface area contributed by atoms with Gasteiger partial charge in [0, 0.05) is 57.3 Å². The predicted octanol–water partition coefficient (Wildman–Crippen LogP) is 1.74. The van der Waals surface area contributed by atoms with Crippen LogP contribution in [-0.2, 0) is 9.53 Å². The Labute approximate surface area is 158 Å². The molecule has 8 heteroatoms. The number of rotatable bonds is 10. The summed E-state index contributed by atoms with van der Waals surface area (Å²) >= 11 is 1.93. The smallest absolute Gasteiger partial charge is 0.224 e. The first-order chi connectivity index (χ1) is 10.2. The SMILES string of the molecule is CCN(CC)CCN(CCOC)C(=O)CC1CSCCN1.Cl.Cl. The van der Waals surface area contributed by atoms with Crippen LogP contribution in [0.2, 0.25) is 0 Å². The first-order valence-corrected chi connectivity index (χ1v) is 9.16. The number of nitrogens with one attached hydrogen (secondary N) is 1. The van der Waals surface area contributed by atoms with E-state index in [2.05, 4.69) is 24.1 Å². The van der Waals surface area contributed by atoms with Crippen molar-refractivity contribution in [3.05, 3.63) is 0 Å². The minimum atomic E-state index is 0. The molecule has 0 bridgehead atoms. The zero-order chi connectivity index (χ0) is 15.5. The van der Waals surface area contributed by atoms with Gasteiger partial charge in [-0.05, 0) is 13.1 Å². The van der Waals surface area contributed by atoms with Gasteiger partial charge in [0.15, 0.2) is 0 Å². The number of hydrogen-bond acceptors (Lipinski definition) is 5. The second-order valence-electron chi connectivity index (χ2n) is 5.33. The van der Waals surface area contributed by atoms with Crippen molar-refractivity contribution in [3.63, 3.8) is 0 Å². The molecule has 1 aliphatic rings. The number of ether oxygens (including phenoxy) is 1. The van der Waals surface area contributed by atoms with Gasteiger partial charge in [-0.15, -0.1) is 24.8 Å². The van der Waals surface area contributed by atoms with Gasteiger partial charge in [0.1, 0.15) is 0 Å². The number of nitrogens with zero attached hydrogens (tertiary/aromatic N) is 2. The molecule has 1 amide bonds. The number of thioether (sulfide) groups is 1. The molecule has 0 saturated carbocycles. The first kappa shape index (κ1) is 25.5. The van der Waals surface area contributed by atoms with E-state index in [0.717, 1.165) is 44.2 Å². The summed E-state index contributed by atoms with van der Waals surface area (Å²) in [6.07, 6.45) is 0.606. The lowest BCUT2D eigenvalue weighted by Crippen LogP contribution is -2.45. The maximum absolute atomic E-state index is 12.5. The molecule has 1 heterocycles. The molecule has 23 heavy (non-hydrogen) atoms. The molecule has 1 fully saturated rings. The van der Waals surface area contributed by atoms with E-state index in [0.29, 0.717) is 25.6 Å². The van der Waals surface area contributed by atoms with Crippen LogP contribution in [0.1, 0.15) is 20.3 Å². The molecule has 1 atom stereocenters. The highest BCUT2D eigenvalue weighted by molar-refractivity contribution is 7.99. The summed E-state index contributed by atoms with van der Waals surface area (Å²) in [4.78, 5) is 16.8. The number of carbonyl (C=O) groups is 1. The Morgan fingerprint density at radius 2 is 1.91 bits per heavy atom. The van der Waals surface area contributed by atoms with E-state index in [4.69, 9.17) is 4.74 Å². The van der Waals surface area contributed by atoms with Crippen LogP contribution < -0.4 is 5.32 Å². The number of likely N-dealkylation sites (N-methyl/N-ethyl adjacent to an activating group) is 1. The molecule has 1 N–H and O–H groups in total. The predicted molar refractivity (Wildman–Crippen MR) is 104 cm³/mol. The van der Waals surface area contributed by atoms with Gasteiger partial charge in [-0.3, -0.25) is 4.79 Å². The van der Waals surface area contributed by atoms with Gasteiger partial charge in [0.2, 0.25) is 5.91 Å². The Balaban J connectivity index is 0. The summed E-state index contributed by atoms with van der Waals surface area (Å²) in [5.74, 6) is 2.44. The van der Waals surface area contributed by atoms with Crippen LogP contribution in [0, 0.1) is 0 Å². The first-order valence-electron chi connectivity index (χ1n) is 8.01. The zero-order valence-corrected chi connectivity index (χ0v) is 17.0. The normalized spacial score (nSPS) is 17.3. The van der Waals surface area contributed by atoms with Crippen LogP contribution in [0.4, 0.5) is 0 Å². The summed E-state index contributed by atoms with van der Waals surface area (Å²) in [5.41, 5.74) is 0. The van der Waals surface area contributed by atoms with Gasteiger partial charge in [-0.2, -0.15) is 11.8 Å². The number of carbonyl (C=O) groups excluding carboxylic acids is 1. The zero-order valence-electron chi connectivity index (χ0n) is 14.6. The quantitative estimate of drug-likeness (QED) is 0.616. The molecule has 1 unspecified atom stereocenters. The Bertz CT molecular complexity index is 292. The minimum Gasteiger partial charge on any atom is -0.383 e. The second kappa shape index (κ2) is 15.8. The number of halogens is 2. The molecule has 1 rings (SSSR count). The topological polar surface area (TPSA) is 44.8 Å². The molecule has 140 valence electrons. The van der Waals surface area contributed by atoms with Gasteiger partial charge in [-0.25, -0.2) is 0 Å². The van der Waals surface area contributed by atoms with E-state index in [9.17, 15) is 4.79 Å². The van der Waals surface area contributed by atoms with Gasteiger partial charge in [0.25, 0.3) is 0 Å². The molecular formula is C15H33Cl2N3O2S. The monoisotopic (exact) mass is 389 g/mol. The summed E-state index contributed by atoms with van der Waals surface area (Å²) < 4.78 is 5.14. The lowest BCUT2D eigenvalue weighted by Gasteiger charge is -2.29. The molecule has 0 aromatic carbocycles. The third kappa shape index (κ3) is 10.7. The fourth-order valence-electron chi connectivity index (χ4n) is 2.46. The summed E-state index contributed by atoms with van der Waals surface area (Å²) in [6, 6.07) is 0.328. The average Bonchev–Trinajstić information content (AvgIpc) is 2.52. The van der Waals surface area contributed by atoms with Crippen molar-refractivity contribution in [2.24, 2.45) is 0 Å². The largest absolute Gasteiger partial charge is 0.383 e. The van der Waals surface area contributed by atoms with E-state index in [1.54, 1.807) is 7.11 Å². The van der Waals surface area contributed by atoms with Gasteiger partial charge < -0.3 is 19.9 Å². The molecule has 0 aliphatic carbocycles. The van der Waals surface area contributed by atoms with Crippen LogP contribution in [-0.4, -0.2) is 86.2 Å². The fourth-order valence-corrected chi connectivity index (χ4v) is 3.40. The van der Waals surface area contributed by atoms with Gasteiger partial charge in [-0.1, -0.05) is 13.8 Å². The Morgan fingerprint density at radius 3 is 2.43 bits per heavy atom. The fraction of sp³-hybridized carbons (Fsp3) is 0.933. The van der Waals surface area contributed by atoms with Crippen molar-refractivity contribution in [3.8, 4) is 0 Å². The van der Waals surface area contributed by atoms with Crippen LogP contribution in [0.3, 0.4) is 0 Å². The van der Waals surface area contributed by atoms with Crippen LogP contribution in [0.25, 0.3) is 0 Å². The summed E-state index contributed by atoms with van der Waals surface area (Å²) in [6.45, 7) is 10.4. The molecule has 0 spiro atoms. The molecule has 5 nitrogen and oxygen atoms in total.